The van der Waals surface area contributed by atoms with Gasteiger partial charge in [-0.15, -0.1) is 0 Å². The molecular weight excluding hydrogens is 427 g/mol. The van der Waals surface area contributed by atoms with Gasteiger partial charge in [-0.2, -0.15) is 0 Å². The summed E-state index contributed by atoms with van der Waals surface area (Å²) in [5.74, 6) is 0.449. The third-order valence-electron chi connectivity index (χ3n) is 4.71. The van der Waals surface area contributed by atoms with Crippen molar-refractivity contribution in [2.45, 2.75) is 57.9 Å². The van der Waals surface area contributed by atoms with Crippen molar-refractivity contribution in [2.24, 2.45) is 0 Å². The van der Waals surface area contributed by atoms with Crippen LogP contribution in [0.1, 0.15) is 51.9 Å². The minimum absolute atomic E-state index is 0.167. The predicted octanol–water partition coefficient (Wildman–Crippen LogP) is 3.52. The smallest absolute Gasteiger partial charge is 0.315 e. The molecule has 0 bridgehead atoms. The van der Waals surface area contributed by atoms with E-state index in [0.717, 1.165) is 37.4 Å². The van der Waals surface area contributed by atoms with Gasteiger partial charge in [-0.25, -0.2) is 4.79 Å². The van der Waals surface area contributed by atoms with Gasteiger partial charge in [0, 0.05) is 52.3 Å². The van der Waals surface area contributed by atoms with Gasteiger partial charge in [-0.05, 0) is 31.4 Å². The van der Waals surface area contributed by atoms with Gasteiger partial charge in [0.2, 0.25) is 0 Å². The highest BCUT2D eigenvalue weighted by Crippen LogP contribution is 2.47. The van der Waals surface area contributed by atoms with Crippen LogP contribution in [0.2, 0.25) is 0 Å². The molecule has 1 atom stereocenters. The van der Waals surface area contributed by atoms with E-state index in [1.807, 2.05) is 24.3 Å². The Balaban J connectivity index is 2.22. The first kappa shape index (κ1) is 28.0. The summed E-state index contributed by atoms with van der Waals surface area (Å²) in [6.07, 6.45) is 6.76. The Hall–Kier alpha value is -2.01. The van der Waals surface area contributed by atoms with Crippen LogP contribution in [0.25, 0.3) is 0 Å². The van der Waals surface area contributed by atoms with Crippen LogP contribution in [0.4, 0.5) is 4.79 Å². The summed E-state index contributed by atoms with van der Waals surface area (Å²) >= 11 is 0. The summed E-state index contributed by atoms with van der Waals surface area (Å²) in [5.41, 5.74) is 0. The highest BCUT2D eigenvalue weighted by atomic mass is 31.2. The quantitative estimate of drug-likeness (QED) is 0.269. The average molecular weight is 469 g/mol. The number of carboxylic acid groups (broad SMARTS) is 1. The summed E-state index contributed by atoms with van der Waals surface area (Å²) in [5, 5.41) is 16.5. The zero-order valence-electron chi connectivity index (χ0n) is 20.2. The van der Waals surface area contributed by atoms with Crippen molar-refractivity contribution in [2.75, 3.05) is 45.9 Å². The SMILES string of the molecule is CCCCCCOc1cccc(OCCCCNC(=O)NC(CC(=O)[O-])C[P+](C)(C)C)c1. The monoisotopic (exact) mass is 468 g/mol. The number of carbonyl (C=O) groups excluding carboxylic acids is 2. The van der Waals surface area contributed by atoms with Gasteiger partial charge in [0.05, 0.1) is 25.4 Å². The molecule has 0 spiro atoms. The summed E-state index contributed by atoms with van der Waals surface area (Å²) in [6.45, 7) is 10.3. The van der Waals surface area contributed by atoms with E-state index in [4.69, 9.17) is 9.47 Å². The second-order valence-corrected chi connectivity index (χ2v) is 14.0. The molecule has 0 aliphatic heterocycles. The lowest BCUT2D eigenvalue weighted by atomic mass is 10.2. The molecule has 0 saturated heterocycles. The van der Waals surface area contributed by atoms with Crippen LogP contribution in [-0.4, -0.2) is 64.0 Å². The topological polar surface area (TPSA) is 99.7 Å². The van der Waals surface area contributed by atoms with Gasteiger partial charge in [-0.3, -0.25) is 0 Å². The molecule has 0 saturated carbocycles. The number of amides is 2. The van der Waals surface area contributed by atoms with Crippen molar-refractivity contribution in [3.05, 3.63) is 24.3 Å². The van der Waals surface area contributed by atoms with Gasteiger partial charge >= 0.3 is 6.03 Å². The highest BCUT2D eigenvalue weighted by molar-refractivity contribution is 7.73. The van der Waals surface area contributed by atoms with Crippen LogP contribution in [0.15, 0.2) is 24.3 Å². The number of hydrogen-bond acceptors (Lipinski definition) is 5. The van der Waals surface area contributed by atoms with E-state index in [9.17, 15) is 14.7 Å². The molecule has 0 fully saturated rings. The summed E-state index contributed by atoms with van der Waals surface area (Å²) in [6, 6.07) is 6.93. The van der Waals surface area contributed by atoms with E-state index in [-0.39, 0.29) is 12.5 Å². The molecule has 1 aromatic rings. The normalized spacial score (nSPS) is 12.1. The number of aliphatic carboxylic acids is 1. The molecule has 182 valence electrons. The minimum Gasteiger partial charge on any atom is -0.550 e. The predicted molar refractivity (Wildman–Crippen MR) is 130 cm³/mol. The highest BCUT2D eigenvalue weighted by Gasteiger charge is 2.25. The zero-order chi connectivity index (χ0) is 23.8. The lowest BCUT2D eigenvalue weighted by Gasteiger charge is -2.23. The number of benzene rings is 1. The Bertz CT molecular complexity index is 679. The van der Waals surface area contributed by atoms with Gasteiger partial charge in [0.1, 0.15) is 11.5 Å². The number of unbranched alkanes of at least 4 members (excludes halogenated alkanes) is 4. The first-order chi connectivity index (χ1) is 15.2. The standard InChI is InChI=1S/C24H41N2O5P/c1-5-6-7-9-15-30-21-12-11-13-22(18-21)31-16-10-8-14-25-24(29)26-20(17-23(27)28)19-32(2,3)4/h11-13,18,20H,5-10,14-17,19H2,1-4H3,(H2-,25,26,27,28,29). The van der Waals surface area contributed by atoms with Crippen LogP contribution in [0.5, 0.6) is 11.5 Å². The second-order valence-electron chi connectivity index (χ2n) is 9.09. The van der Waals surface area contributed by atoms with Crippen LogP contribution >= 0.6 is 7.26 Å². The summed E-state index contributed by atoms with van der Waals surface area (Å²) in [4.78, 5) is 23.0. The molecule has 0 aliphatic rings. The lowest BCUT2D eigenvalue weighted by Crippen LogP contribution is -2.46. The molecule has 1 unspecified atom stereocenters. The van der Waals surface area contributed by atoms with Crippen LogP contribution < -0.4 is 25.2 Å². The fourth-order valence-electron chi connectivity index (χ4n) is 3.25. The molecule has 1 rings (SSSR count). The van der Waals surface area contributed by atoms with E-state index < -0.39 is 19.3 Å². The molecule has 2 N–H and O–H groups in total. The molecule has 1 aromatic carbocycles. The molecule has 0 aliphatic carbocycles. The van der Waals surface area contributed by atoms with Crippen LogP contribution in [0.3, 0.4) is 0 Å². The van der Waals surface area contributed by atoms with Crippen molar-refractivity contribution in [1.29, 1.82) is 0 Å². The number of rotatable bonds is 17. The van der Waals surface area contributed by atoms with E-state index in [0.29, 0.717) is 19.3 Å². The minimum atomic E-state index is -1.23. The van der Waals surface area contributed by atoms with Crippen LogP contribution in [0, 0.1) is 0 Å². The molecular formula is C24H41N2O5P. The number of ether oxygens (including phenoxy) is 2. The van der Waals surface area contributed by atoms with E-state index >= 15 is 0 Å². The third-order valence-corrected chi connectivity index (χ3v) is 6.25. The first-order valence-electron chi connectivity index (χ1n) is 11.6. The van der Waals surface area contributed by atoms with E-state index in [1.165, 1.54) is 19.3 Å². The Labute approximate surface area is 194 Å². The van der Waals surface area contributed by atoms with Crippen molar-refractivity contribution < 1.29 is 24.2 Å². The summed E-state index contributed by atoms with van der Waals surface area (Å²) < 4.78 is 11.6. The Morgan fingerprint density at radius 2 is 1.62 bits per heavy atom. The van der Waals surface area contributed by atoms with E-state index in [2.05, 4.69) is 37.6 Å². The number of carbonyl (C=O) groups is 2. The van der Waals surface area contributed by atoms with Gasteiger partial charge in [0.15, 0.2) is 0 Å². The summed E-state index contributed by atoms with van der Waals surface area (Å²) in [7, 11) is -1.23. The number of hydrogen-bond donors (Lipinski definition) is 2. The Morgan fingerprint density at radius 1 is 1.00 bits per heavy atom. The fourth-order valence-corrected chi connectivity index (χ4v) is 4.79. The molecule has 2 amide bonds. The largest absolute Gasteiger partial charge is 0.550 e. The third kappa shape index (κ3) is 14.9. The zero-order valence-corrected chi connectivity index (χ0v) is 21.0. The van der Waals surface area contributed by atoms with Crippen molar-refractivity contribution in [1.82, 2.24) is 10.6 Å². The van der Waals surface area contributed by atoms with Crippen molar-refractivity contribution >= 4 is 19.3 Å². The lowest BCUT2D eigenvalue weighted by molar-refractivity contribution is -0.306. The average Bonchev–Trinajstić information content (AvgIpc) is 2.69. The number of nitrogens with one attached hydrogen (secondary N) is 2. The Morgan fingerprint density at radius 3 is 2.19 bits per heavy atom. The van der Waals surface area contributed by atoms with E-state index in [1.54, 1.807) is 0 Å². The van der Waals surface area contributed by atoms with Gasteiger partial charge < -0.3 is 30.0 Å². The maximum absolute atomic E-state index is 12.1. The molecule has 0 heterocycles. The molecule has 8 heteroatoms. The fraction of sp³-hybridized carbons (Fsp3) is 0.667. The molecule has 0 aromatic heterocycles. The Kier molecular flexibility index (Phi) is 13.8. The van der Waals surface area contributed by atoms with Gasteiger partial charge in [-0.1, -0.05) is 32.3 Å². The molecule has 32 heavy (non-hydrogen) atoms. The first-order valence-corrected chi connectivity index (χ1v) is 14.9. The molecule has 7 nitrogen and oxygen atoms in total. The van der Waals surface area contributed by atoms with Crippen LogP contribution in [-0.2, 0) is 4.79 Å². The number of urea groups is 1. The maximum Gasteiger partial charge on any atom is 0.315 e. The molecule has 0 radical (unpaired) electrons. The second kappa shape index (κ2) is 15.7. The number of carboxylic acids is 1. The van der Waals surface area contributed by atoms with Crippen molar-refractivity contribution in [3.8, 4) is 11.5 Å². The van der Waals surface area contributed by atoms with Gasteiger partial charge in [0.25, 0.3) is 0 Å². The maximum atomic E-state index is 12.1. The van der Waals surface area contributed by atoms with Crippen molar-refractivity contribution in [3.63, 3.8) is 0 Å².